The molecule has 0 unspecified atom stereocenters. The van der Waals surface area contributed by atoms with E-state index in [0.717, 1.165) is 51.8 Å². The second-order valence-electron chi connectivity index (χ2n) is 18.0. The number of aryl methyl sites for hydroxylation is 2. The molecule has 0 saturated heterocycles. The summed E-state index contributed by atoms with van der Waals surface area (Å²) in [6, 6.07) is 22.1. The number of halogens is 1. The first-order valence-electron chi connectivity index (χ1n) is 22.8. The Labute approximate surface area is 403 Å². The third-order valence-corrected chi connectivity index (χ3v) is 12.7. The highest BCUT2D eigenvalue weighted by molar-refractivity contribution is 5.97. The zero-order valence-corrected chi connectivity index (χ0v) is 39.9. The minimum atomic E-state index is -0.978. The average Bonchev–Trinajstić information content (AvgIpc) is 4.31. The summed E-state index contributed by atoms with van der Waals surface area (Å²) in [6.45, 7) is 1.38. The predicted octanol–water partition coefficient (Wildman–Crippen LogP) is 10.5. The number of methoxy groups -OCH3 is 2. The molecule has 70 heavy (non-hydrogen) atoms. The second-order valence-corrected chi connectivity index (χ2v) is 18.0. The molecule has 2 saturated carbocycles. The number of hydrogen-bond donors (Lipinski definition) is 2. The number of rotatable bonds is 16. The third-order valence-electron chi connectivity index (χ3n) is 12.7. The SMILES string of the molecule is COc1cc(F)c([N+](=O)[O-])cc1Nc1nccc(-c2cn(C)c3cc(C4CC4)ccc23)n1.COc1cc(N(C)CCN(C)C)c([N+](=O)[O-])cc1Nc1nccc(-c2cn(C)c3cc(C4CC4)ccc23)n1. The van der Waals surface area contributed by atoms with Crippen LogP contribution in [-0.2, 0) is 14.1 Å². The van der Waals surface area contributed by atoms with Crippen LogP contribution in [0.1, 0.15) is 48.6 Å². The topological polar surface area (TPSA) is 197 Å². The maximum absolute atomic E-state index is 13.9. The average molecular weight is 949 g/mol. The highest BCUT2D eigenvalue weighted by atomic mass is 19.1. The molecule has 4 aromatic heterocycles. The first-order valence-corrected chi connectivity index (χ1v) is 22.8. The number of nitro benzene ring substituents is 2. The molecule has 0 aliphatic heterocycles. The van der Waals surface area contributed by atoms with E-state index in [4.69, 9.17) is 14.5 Å². The van der Waals surface area contributed by atoms with Crippen LogP contribution in [0.25, 0.3) is 44.3 Å². The van der Waals surface area contributed by atoms with Crippen LogP contribution in [0.5, 0.6) is 11.5 Å². The van der Waals surface area contributed by atoms with Gasteiger partial charge in [-0.25, -0.2) is 19.9 Å². The van der Waals surface area contributed by atoms with E-state index in [1.165, 1.54) is 55.5 Å². The van der Waals surface area contributed by atoms with E-state index in [0.29, 0.717) is 47.1 Å². The number of hydrogen-bond acceptors (Lipinski definition) is 14. The summed E-state index contributed by atoms with van der Waals surface area (Å²) in [5, 5.41) is 31.4. The van der Waals surface area contributed by atoms with Crippen molar-refractivity contribution in [1.29, 1.82) is 0 Å². The van der Waals surface area contributed by atoms with Gasteiger partial charge in [-0.15, -0.1) is 0 Å². The van der Waals surface area contributed by atoms with E-state index in [1.807, 2.05) is 57.3 Å². The molecule has 10 rings (SSSR count). The highest BCUT2D eigenvalue weighted by Crippen LogP contribution is 2.44. The predicted molar refractivity (Wildman–Crippen MR) is 269 cm³/mol. The summed E-state index contributed by atoms with van der Waals surface area (Å²) in [6.07, 6.45) is 12.4. The Bertz CT molecular complexity index is 3290. The molecule has 2 fully saturated rings. The van der Waals surface area contributed by atoms with Gasteiger partial charge in [0.2, 0.25) is 17.7 Å². The Kier molecular flexibility index (Phi) is 13.0. The summed E-state index contributed by atoms with van der Waals surface area (Å²) in [5.74, 6) is 1.50. The molecule has 4 aromatic carbocycles. The van der Waals surface area contributed by atoms with Gasteiger partial charge in [-0.05, 0) is 87.0 Å². The molecular weight excluding hydrogens is 896 g/mol. The quantitative estimate of drug-likeness (QED) is 0.0685. The smallest absolute Gasteiger partial charge is 0.307 e. The minimum Gasteiger partial charge on any atom is -0.494 e. The van der Waals surface area contributed by atoms with E-state index in [-0.39, 0.29) is 28.0 Å². The second kappa shape index (κ2) is 19.4. The number of nitrogens with zero attached hydrogens (tertiary/aromatic N) is 10. The number of nitro groups is 2. The van der Waals surface area contributed by atoms with Crippen molar-refractivity contribution >= 4 is 62.1 Å². The van der Waals surface area contributed by atoms with Crippen molar-refractivity contribution in [2.45, 2.75) is 37.5 Å². The van der Waals surface area contributed by atoms with Crippen molar-refractivity contribution in [1.82, 2.24) is 34.0 Å². The fourth-order valence-corrected chi connectivity index (χ4v) is 8.63. The first-order chi connectivity index (χ1) is 33.7. The van der Waals surface area contributed by atoms with Gasteiger partial charge in [0.05, 0.1) is 46.8 Å². The Hall–Kier alpha value is -8.19. The normalized spacial score (nSPS) is 13.3. The van der Waals surface area contributed by atoms with Crippen molar-refractivity contribution in [3.05, 3.63) is 135 Å². The Morgan fingerprint density at radius 2 is 1.14 bits per heavy atom. The van der Waals surface area contributed by atoms with Crippen LogP contribution >= 0.6 is 0 Å². The number of ether oxygens (including phenoxy) is 2. The first kappa shape index (κ1) is 46.9. The zero-order chi connectivity index (χ0) is 49.4. The van der Waals surface area contributed by atoms with Crippen LogP contribution in [0.15, 0.2) is 97.6 Å². The highest BCUT2D eigenvalue weighted by Gasteiger charge is 2.27. The number of fused-ring (bicyclic) bond motifs is 2. The molecule has 19 heteroatoms. The molecule has 0 spiro atoms. The molecule has 4 heterocycles. The monoisotopic (exact) mass is 948 g/mol. The number of nitrogens with one attached hydrogen (secondary N) is 2. The fraction of sp³-hybridized carbons (Fsp3) is 0.294. The zero-order valence-electron chi connectivity index (χ0n) is 39.9. The lowest BCUT2D eigenvalue weighted by Gasteiger charge is -2.22. The van der Waals surface area contributed by atoms with Crippen LogP contribution < -0.4 is 25.0 Å². The number of likely N-dealkylation sites (N-methyl/N-ethyl adjacent to an activating group) is 2. The molecular formula is C51H53FN12O6. The van der Waals surface area contributed by atoms with Gasteiger partial charge >= 0.3 is 5.69 Å². The summed E-state index contributed by atoms with van der Waals surface area (Å²) in [7, 11) is 12.7. The fourth-order valence-electron chi connectivity index (χ4n) is 8.63. The lowest BCUT2D eigenvalue weighted by Crippen LogP contribution is -2.28. The van der Waals surface area contributed by atoms with Gasteiger partial charge in [-0.1, -0.05) is 24.3 Å². The van der Waals surface area contributed by atoms with Crippen molar-refractivity contribution < 1.29 is 23.7 Å². The summed E-state index contributed by atoms with van der Waals surface area (Å²) in [4.78, 5) is 43.8. The summed E-state index contributed by atoms with van der Waals surface area (Å²) >= 11 is 0. The largest absolute Gasteiger partial charge is 0.494 e. The Morgan fingerprint density at radius 1 is 0.671 bits per heavy atom. The van der Waals surface area contributed by atoms with Gasteiger partial charge in [0.15, 0.2) is 0 Å². The summed E-state index contributed by atoms with van der Waals surface area (Å²) in [5.41, 5.74) is 8.89. The van der Waals surface area contributed by atoms with Gasteiger partial charge in [-0.3, -0.25) is 20.2 Å². The molecule has 0 amide bonds. The standard InChI is InChI=1S/C28H33N7O3.C23H20FN5O3/c1-32(2)12-13-33(3)25-16-27(38-5)23(15-26(25)35(36)37)31-28-29-11-10-22(30-28)21-17-34(4)24-14-19(18-6-7-18)8-9-20(21)24;1-28-12-16(15-6-5-14(9-20(15)28)13-3-4-13)18-7-8-25-23(26-18)27-19-11-21(29(30)31)17(24)10-22(19)32-2/h8-11,14-18H,6-7,12-13H2,1-5H3,(H,29,30,31);5-13H,3-4H2,1-2H3,(H,25,26,27). The maximum atomic E-state index is 13.9. The lowest BCUT2D eigenvalue weighted by atomic mass is 10.1. The van der Waals surface area contributed by atoms with Crippen LogP contribution in [0.2, 0.25) is 0 Å². The Balaban J connectivity index is 0.000000176. The van der Waals surface area contributed by atoms with Crippen molar-refractivity contribution in [2.75, 3.05) is 64.0 Å². The van der Waals surface area contributed by atoms with Crippen LogP contribution in [0.3, 0.4) is 0 Å². The van der Waals surface area contributed by atoms with Gasteiger partial charge in [0, 0.05) is 116 Å². The van der Waals surface area contributed by atoms with Crippen LogP contribution in [0, 0.1) is 26.0 Å². The molecule has 8 aromatic rings. The number of aromatic nitrogens is 6. The van der Waals surface area contributed by atoms with E-state index in [2.05, 4.69) is 77.3 Å². The van der Waals surface area contributed by atoms with Gasteiger partial charge in [0.25, 0.3) is 5.69 Å². The van der Waals surface area contributed by atoms with Crippen molar-refractivity contribution in [2.24, 2.45) is 14.1 Å². The van der Waals surface area contributed by atoms with Crippen LogP contribution in [0.4, 0.5) is 44.7 Å². The number of anilines is 5. The van der Waals surface area contributed by atoms with Gasteiger partial charge in [-0.2, -0.15) is 4.39 Å². The molecule has 2 aliphatic carbocycles. The lowest BCUT2D eigenvalue weighted by molar-refractivity contribution is -0.387. The molecule has 18 nitrogen and oxygen atoms in total. The van der Waals surface area contributed by atoms with E-state index >= 15 is 0 Å². The van der Waals surface area contributed by atoms with E-state index in [9.17, 15) is 24.6 Å². The van der Waals surface area contributed by atoms with Gasteiger partial charge < -0.3 is 39.0 Å². The molecule has 0 atom stereocenters. The third kappa shape index (κ3) is 9.86. The molecule has 360 valence electrons. The van der Waals surface area contributed by atoms with E-state index < -0.39 is 16.4 Å². The molecule has 0 bridgehead atoms. The van der Waals surface area contributed by atoms with Crippen LogP contribution in [-0.4, -0.2) is 92.3 Å². The minimum absolute atomic E-state index is 0.0220. The molecule has 2 N–H and O–H groups in total. The van der Waals surface area contributed by atoms with E-state index in [1.54, 1.807) is 31.6 Å². The van der Waals surface area contributed by atoms with Crippen molar-refractivity contribution in [3.63, 3.8) is 0 Å². The summed E-state index contributed by atoms with van der Waals surface area (Å²) < 4.78 is 28.9. The number of benzene rings is 4. The van der Waals surface area contributed by atoms with Crippen molar-refractivity contribution in [3.8, 4) is 34.0 Å². The Morgan fingerprint density at radius 3 is 1.59 bits per heavy atom. The van der Waals surface area contributed by atoms with Gasteiger partial charge in [0.1, 0.15) is 17.2 Å². The maximum Gasteiger partial charge on any atom is 0.307 e. The molecule has 0 radical (unpaired) electrons. The molecule has 2 aliphatic rings.